The van der Waals surface area contributed by atoms with Crippen LogP contribution in [0.1, 0.15) is 22.7 Å². The number of sulfonamides is 1. The molecule has 2 aromatic rings. The monoisotopic (exact) mass is 436 g/mol. The summed E-state index contributed by atoms with van der Waals surface area (Å²) in [5.74, 6) is 0. The second-order valence-corrected chi connectivity index (χ2v) is 9.62. The van der Waals surface area contributed by atoms with E-state index in [1.807, 2.05) is 6.92 Å². The summed E-state index contributed by atoms with van der Waals surface area (Å²) in [4.78, 5) is 10.4. The SMILES string of the molecule is Cc1ccc(S(=O)(=O)NC(C[N+](=O)[O-])c2ccc(C(Cl)(Cl)Cl)cc2)cc1. The third-order valence-electron chi connectivity index (χ3n) is 3.60. The van der Waals surface area contributed by atoms with Gasteiger partial charge in [0.1, 0.15) is 6.04 Å². The van der Waals surface area contributed by atoms with E-state index in [-0.39, 0.29) is 4.90 Å². The summed E-state index contributed by atoms with van der Waals surface area (Å²) in [6.45, 7) is 1.20. The van der Waals surface area contributed by atoms with Crippen LogP contribution in [0.25, 0.3) is 0 Å². The highest BCUT2D eigenvalue weighted by Crippen LogP contribution is 2.38. The van der Waals surface area contributed by atoms with E-state index in [4.69, 9.17) is 34.8 Å². The Hall–Kier alpha value is -1.38. The topological polar surface area (TPSA) is 89.3 Å². The van der Waals surface area contributed by atoms with Crippen LogP contribution in [0.2, 0.25) is 0 Å². The Morgan fingerprint density at radius 1 is 1.08 bits per heavy atom. The van der Waals surface area contributed by atoms with Crippen molar-refractivity contribution >= 4 is 44.8 Å². The largest absolute Gasteiger partial charge is 0.264 e. The molecular weight excluding hydrogens is 423 g/mol. The number of halogens is 3. The van der Waals surface area contributed by atoms with E-state index >= 15 is 0 Å². The van der Waals surface area contributed by atoms with Gasteiger partial charge in [-0.3, -0.25) is 10.1 Å². The van der Waals surface area contributed by atoms with Crippen molar-refractivity contribution in [3.63, 3.8) is 0 Å². The van der Waals surface area contributed by atoms with Gasteiger partial charge >= 0.3 is 0 Å². The number of hydrogen-bond acceptors (Lipinski definition) is 4. The third kappa shape index (κ3) is 5.56. The minimum atomic E-state index is -3.94. The normalized spacial score (nSPS) is 13.4. The van der Waals surface area contributed by atoms with E-state index in [1.165, 1.54) is 36.4 Å². The number of rotatable bonds is 6. The second-order valence-electron chi connectivity index (χ2n) is 5.62. The van der Waals surface area contributed by atoms with Crippen molar-refractivity contribution in [1.29, 1.82) is 0 Å². The van der Waals surface area contributed by atoms with E-state index in [0.717, 1.165) is 5.56 Å². The summed E-state index contributed by atoms with van der Waals surface area (Å²) in [5, 5.41) is 11.0. The van der Waals surface area contributed by atoms with Crippen molar-refractivity contribution < 1.29 is 13.3 Å². The van der Waals surface area contributed by atoms with Crippen LogP contribution in [0.4, 0.5) is 0 Å². The maximum atomic E-state index is 12.5. The van der Waals surface area contributed by atoms with Gasteiger partial charge in [-0.1, -0.05) is 76.8 Å². The zero-order valence-electron chi connectivity index (χ0n) is 13.5. The van der Waals surface area contributed by atoms with Gasteiger partial charge in [0.15, 0.2) is 0 Å². The van der Waals surface area contributed by atoms with Crippen molar-refractivity contribution in [2.75, 3.05) is 6.54 Å². The summed E-state index contributed by atoms with van der Waals surface area (Å²) in [7, 11) is -3.94. The maximum Gasteiger partial charge on any atom is 0.241 e. The van der Waals surface area contributed by atoms with Crippen molar-refractivity contribution in [1.82, 2.24) is 4.72 Å². The fraction of sp³-hybridized carbons (Fsp3) is 0.250. The standard InChI is InChI=1S/C16H15Cl3N2O4S/c1-11-2-8-14(9-3-11)26(24,25)20-15(10-21(22)23)12-4-6-13(7-5-12)16(17,18)19/h2-9,15,20H,10H2,1H3. The highest BCUT2D eigenvalue weighted by atomic mass is 35.6. The van der Waals surface area contributed by atoms with Gasteiger partial charge in [-0.2, -0.15) is 4.72 Å². The van der Waals surface area contributed by atoms with E-state index < -0.39 is 31.3 Å². The summed E-state index contributed by atoms with van der Waals surface area (Å²) in [6.07, 6.45) is 0. The molecular formula is C16H15Cl3N2O4S. The highest BCUT2D eigenvalue weighted by molar-refractivity contribution is 7.89. The van der Waals surface area contributed by atoms with Crippen molar-refractivity contribution in [2.45, 2.75) is 21.7 Å². The van der Waals surface area contributed by atoms with Crippen LogP contribution in [0, 0.1) is 17.0 Å². The lowest BCUT2D eigenvalue weighted by Gasteiger charge is -2.17. The van der Waals surface area contributed by atoms with Crippen molar-refractivity contribution in [3.05, 3.63) is 75.3 Å². The Kier molecular flexibility index (Phi) is 6.52. The van der Waals surface area contributed by atoms with Gasteiger partial charge in [-0.05, 0) is 24.6 Å². The summed E-state index contributed by atoms with van der Waals surface area (Å²) in [6, 6.07) is 11.0. The molecule has 140 valence electrons. The van der Waals surface area contributed by atoms with Gasteiger partial charge in [0.2, 0.25) is 20.4 Å². The molecule has 2 aromatic carbocycles. The highest BCUT2D eigenvalue weighted by Gasteiger charge is 2.27. The molecule has 0 heterocycles. The van der Waals surface area contributed by atoms with Gasteiger partial charge in [-0.25, -0.2) is 8.42 Å². The van der Waals surface area contributed by atoms with Crippen LogP contribution >= 0.6 is 34.8 Å². The van der Waals surface area contributed by atoms with Crippen molar-refractivity contribution in [2.24, 2.45) is 0 Å². The Bertz CT molecular complexity index is 879. The molecule has 0 saturated heterocycles. The lowest BCUT2D eigenvalue weighted by atomic mass is 10.1. The molecule has 0 amide bonds. The molecule has 0 radical (unpaired) electrons. The predicted molar refractivity (Wildman–Crippen MR) is 102 cm³/mol. The molecule has 0 spiro atoms. The van der Waals surface area contributed by atoms with E-state index in [9.17, 15) is 18.5 Å². The zero-order valence-corrected chi connectivity index (χ0v) is 16.6. The molecule has 0 saturated carbocycles. The Morgan fingerprint density at radius 2 is 1.62 bits per heavy atom. The number of nitrogens with one attached hydrogen (secondary N) is 1. The van der Waals surface area contributed by atoms with E-state index in [1.54, 1.807) is 12.1 Å². The van der Waals surface area contributed by atoms with Gasteiger partial charge in [0.25, 0.3) is 0 Å². The molecule has 10 heteroatoms. The lowest BCUT2D eigenvalue weighted by molar-refractivity contribution is -0.483. The van der Waals surface area contributed by atoms with Gasteiger partial charge in [0.05, 0.1) is 4.90 Å². The van der Waals surface area contributed by atoms with E-state index in [0.29, 0.717) is 11.1 Å². The molecule has 1 atom stereocenters. The molecule has 0 aliphatic carbocycles. The summed E-state index contributed by atoms with van der Waals surface area (Å²) >= 11 is 17.4. The molecule has 0 aromatic heterocycles. The molecule has 0 bridgehead atoms. The minimum absolute atomic E-state index is 0.0226. The first-order valence-corrected chi connectivity index (χ1v) is 9.99. The first kappa shape index (κ1) is 20.9. The molecule has 1 unspecified atom stereocenters. The summed E-state index contributed by atoms with van der Waals surface area (Å²) in [5.41, 5.74) is 1.65. The maximum absolute atomic E-state index is 12.5. The van der Waals surface area contributed by atoms with Gasteiger partial charge < -0.3 is 0 Å². The quantitative estimate of drug-likeness (QED) is 0.418. The first-order chi connectivity index (χ1) is 12.0. The van der Waals surface area contributed by atoms with E-state index in [2.05, 4.69) is 4.72 Å². The number of nitrogens with zero attached hydrogens (tertiary/aromatic N) is 1. The average Bonchev–Trinajstić information content (AvgIpc) is 2.53. The number of benzene rings is 2. The Labute approximate surface area is 166 Å². The Balaban J connectivity index is 2.32. The molecule has 26 heavy (non-hydrogen) atoms. The van der Waals surface area contributed by atoms with Crippen LogP contribution in [-0.2, 0) is 13.8 Å². The van der Waals surface area contributed by atoms with Crippen LogP contribution in [0.5, 0.6) is 0 Å². The first-order valence-electron chi connectivity index (χ1n) is 7.37. The predicted octanol–water partition coefficient (Wildman–Crippen LogP) is 4.12. The van der Waals surface area contributed by atoms with Crippen molar-refractivity contribution in [3.8, 4) is 0 Å². The molecule has 2 rings (SSSR count). The van der Waals surface area contributed by atoms with Crippen LogP contribution in [-0.4, -0.2) is 19.9 Å². The lowest BCUT2D eigenvalue weighted by Crippen LogP contribution is -2.33. The number of alkyl halides is 3. The zero-order chi connectivity index (χ0) is 19.5. The summed E-state index contributed by atoms with van der Waals surface area (Å²) < 4.78 is 25.8. The number of nitro groups is 1. The minimum Gasteiger partial charge on any atom is -0.264 e. The third-order valence-corrected chi connectivity index (χ3v) is 5.74. The number of aryl methyl sites for hydroxylation is 1. The van der Waals surface area contributed by atoms with Crippen LogP contribution in [0.3, 0.4) is 0 Å². The van der Waals surface area contributed by atoms with Gasteiger partial charge in [0, 0.05) is 10.5 Å². The fourth-order valence-electron chi connectivity index (χ4n) is 2.24. The molecule has 1 N–H and O–H groups in total. The van der Waals surface area contributed by atoms with Crippen LogP contribution in [0.15, 0.2) is 53.4 Å². The fourth-order valence-corrected chi connectivity index (χ4v) is 3.83. The second kappa shape index (κ2) is 8.10. The van der Waals surface area contributed by atoms with Crippen LogP contribution < -0.4 is 4.72 Å². The Morgan fingerprint density at radius 3 is 2.08 bits per heavy atom. The smallest absolute Gasteiger partial charge is 0.241 e. The van der Waals surface area contributed by atoms with Gasteiger partial charge in [-0.15, -0.1) is 0 Å². The molecule has 6 nitrogen and oxygen atoms in total. The molecule has 0 aliphatic rings. The number of hydrogen-bond donors (Lipinski definition) is 1. The molecule has 0 aliphatic heterocycles. The average molecular weight is 438 g/mol. The molecule has 0 fully saturated rings.